The molecule has 0 radical (unpaired) electrons. The van der Waals surface area contributed by atoms with Gasteiger partial charge in [0.2, 0.25) is 17.7 Å². The van der Waals surface area contributed by atoms with E-state index in [1.807, 2.05) is 24.3 Å². The number of carbonyl (C=O) groups excluding carboxylic acids is 3. The number of alkyl halides is 2. The minimum atomic E-state index is -2.72. The summed E-state index contributed by atoms with van der Waals surface area (Å²) >= 11 is 0. The van der Waals surface area contributed by atoms with Crippen molar-refractivity contribution in [1.82, 2.24) is 30.3 Å². The summed E-state index contributed by atoms with van der Waals surface area (Å²) in [4.78, 5) is 50.5. The first-order chi connectivity index (χ1) is 29.5. The van der Waals surface area contributed by atoms with E-state index in [9.17, 15) is 23.9 Å². The van der Waals surface area contributed by atoms with Gasteiger partial charge in [0.1, 0.15) is 17.7 Å². The minimum Gasteiger partial charge on any atom is -0.504 e. The maximum absolute atomic E-state index is 15.0. The van der Waals surface area contributed by atoms with Gasteiger partial charge in [0.05, 0.1) is 23.6 Å². The average Bonchev–Trinajstić information content (AvgIpc) is 3.80. The van der Waals surface area contributed by atoms with Crippen molar-refractivity contribution in [2.24, 2.45) is 5.92 Å². The SMILES string of the molecule is C[C@@H]1c2ccc(O[C@H]3CN4c5cc(-c6cccc(F)c6O)nnc5NC[C@@]4(C(F)F)C3)nc2CCN1CC1CCN(c2ccc3c(c2)C(=O)N([C@H]2CCC(=O)NC2=O)C3)CC1. The second-order valence-electron chi connectivity index (χ2n) is 17.2. The van der Waals surface area contributed by atoms with Gasteiger partial charge in [-0.2, -0.15) is 0 Å². The summed E-state index contributed by atoms with van der Waals surface area (Å²) in [5.74, 6) is -1.06. The number of carbonyl (C=O) groups is 3. The number of amides is 3. The van der Waals surface area contributed by atoms with Crippen LogP contribution in [0.4, 0.5) is 30.4 Å². The number of piperidine rings is 2. The first-order valence-electron chi connectivity index (χ1n) is 21.0. The first kappa shape index (κ1) is 39.2. The predicted octanol–water partition coefficient (Wildman–Crippen LogP) is 5.07. The third kappa shape index (κ3) is 6.86. The number of nitrogens with one attached hydrogen (secondary N) is 2. The zero-order chi connectivity index (χ0) is 42.2. The Kier molecular flexibility index (Phi) is 9.75. The van der Waals surface area contributed by atoms with Crippen molar-refractivity contribution < 1.29 is 37.4 Å². The number of halogens is 3. The molecule has 6 aliphatic heterocycles. The molecule has 0 saturated carbocycles. The van der Waals surface area contributed by atoms with Crippen LogP contribution >= 0.6 is 0 Å². The molecule has 0 aliphatic carbocycles. The second-order valence-corrected chi connectivity index (χ2v) is 17.2. The van der Waals surface area contributed by atoms with Gasteiger partial charge in [0.15, 0.2) is 17.4 Å². The normalized spacial score (nSPS) is 25.2. The Hall–Kier alpha value is -5.97. The van der Waals surface area contributed by atoms with E-state index >= 15 is 8.78 Å². The van der Waals surface area contributed by atoms with Crippen molar-refractivity contribution in [3.05, 3.63) is 82.8 Å². The van der Waals surface area contributed by atoms with Crippen molar-refractivity contribution in [1.29, 1.82) is 0 Å². The molecule has 8 heterocycles. The van der Waals surface area contributed by atoms with E-state index in [0.717, 1.165) is 74.0 Å². The molecule has 0 bridgehead atoms. The van der Waals surface area contributed by atoms with E-state index in [0.29, 0.717) is 41.8 Å². The largest absolute Gasteiger partial charge is 0.504 e. The van der Waals surface area contributed by atoms with Crippen molar-refractivity contribution in [2.75, 3.05) is 54.4 Å². The van der Waals surface area contributed by atoms with Crippen LogP contribution in [0.5, 0.6) is 11.6 Å². The molecule has 4 atom stereocenters. The number of imide groups is 1. The zero-order valence-electron chi connectivity index (χ0n) is 33.6. The molecule has 318 valence electrons. The van der Waals surface area contributed by atoms with Crippen LogP contribution in [-0.2, 0) is 22.6 Å². The Morgan fingerprint density at radius 2 is 1.82 bits per heavy atom. The number of aromatic hydroxyl groups is 1. The molecule has 3 N–H and O–H groups in total. The van der Waals surface area contributed by atoms with E-state index in [4.69, 9.17) is 9.72 Å². The van der Waals surface area contributed by atoms with Gasteiger partial charge < -0.3 is 29.9 Å². The Morgan fingerprint density at radius 3 is 2.62 bits per heavy atom. The molecule has 0 unspecified atom stereocenters. The van der Waals surface area contributed by atoms with E-state index in [-0.39, 0.29) is 55.0 Å². The van der Waals surface area contributed by atoms with Crippen molar-refractivity contribution >= 4 is 34.9 Å². The fourth-order valence-electron chi connectivity index (χ4n) is 10.3. The third-order valence-electron chi connectivity index (χ3n) is 13.7. The molecule has 3 amide bonds. The van der Waals surface area contributed by atoms with E-state index in [1.54, 1.807) is 15.9 Å². The molecular formula is C44H46F3N9O5. The number of hydrogen-bond donors (Lipinski definition) is 3. The minimum absolute atomic E-state index is 0.0372. The van der Waals surface area contributed by atoms with Gasteiger partial charge in [-0.05, 0) is 73.6 Å². The Balaban J connectivity index is 0.761. The number of fused-ring (bicyclic) bond motifs is 5. The number of anilines is 3. The van der Waals surface area contributed by atoms with E-state index in [2.05, 4.69) is 43.6 Å². The standard InChI is InChI=1S/C44H46F3N9O5/c1-24-29-7-10-38(61-28-19-44(43(46)47)23-48-40-36(56(44)22-28)18-34(51-52-40)30-3-2-4-32(45)39(30)58)49-33(29)13-16-54(24)20-25-11-14-53(15-12-25)27-6-5-26-21-55(42(60)31(26)17-27)35-8-9-37(57)50-41(35)59/h2-7,10,17-18,24-25,28,35,43,58H,8-9,11-16,19-23H2,1H3,(H,48,52)(H,50,57,59)/t24-,28-,35+,44-/m1/s1. The molecule has 10 rings (SSSR count). The van der Waals surface area contributed by atoms with Gasteiger partial charge in [-0.25, -0.2) is 18.2 Å². The summed E-state index contributed by atoms with van der Waals surface area (Å²) in [5, 5.41) is 24.1. The molecule has 3 fully saturated rings. The number of phenolic OH excluding ortho intramolecular Hbond substituents is 1. The summed E-state index contributed by atoms with van der Waals surface area (Å²) in [6.45, 7) is 6.16. The number of aromatic nitrogens is 3. The monoisotopic (exact) mass is 837 g/mol. The smallest absolute Gasteiger partial charge is 0.263 e. The van der Waals surface area contributed by atoms with Crippen LogP contribution in [0.3, 0.4) is 0 Å². The topological polar surface area (TPSA) is 156 Å². The zero-order valence-corrected chi connectivity index (χ0v) is 33.6. The number of hydrogen-bond acceptors (Lipinski definition) is 12. The fraction of sp³-hybridized carbons (Fsp3) is 0.455. The molecule has 2 aromatic carbocycles. The van der Waals surface area contributed by atoms with Crippen LogP contribution in [0.2, 0.25) is 0 Å². The first-order valence-corrected chi connectivity index (χ1v) is 21.0. The predicted molar refractivity (Wildman–Crippen MR) is 218 cm³/mol. The average molecular weight is 838 g/mol. The van der Waals surface area contributed by atoms with Gasteiger partial charge in [0, 0.05) is 87.5 Å². The van der Waals surface area contributed by atoms with Crippen molar-refractivity contribution in [2.45, 2.75) is 82.1 Å². The van der Waals surface area contributed by atoms with Gasteiger partial charge in [0.25, 0.3) is 12.3 Å². The summed E-state index contributed by atoms with van der Waals surface area (Å²) in [7, 11) is 0. The summed E-state index contributed by atoms with van der Waals surface area (Å²) in [6, 6.07) is 15.0. The summed E-state index contributed by atoms with van der Waals surface area (Å²) in [6.07, 6.45) is 0.0364. The maximum Gasteiger partial charge on any atom is 0.263 e. The number of benzene rings is 2. The van der Waals surface area contributed by atoms with Crippen LogP contribution in [0.25, 0.3) is 11.3 Å². The van der Waals surface area contributed by atoms with E-state index in [1.165, 1.54) is 12.1 Å². The molecule has 61 heavy (non-hydrogen) atoms. The highest BCUT2D eigenvalue weighted by atomic mass is 19.3. The lowest BCUT2D eigenvalue weighted by Gasteiger charge is -2.43. The maximum atomic E-state index is 15.0. The Bertz CT molecular complexity index is 2430. The van der Waals surface area contributed by atoms with Crippen LogP contribution in [0.1, 0.15) is 72.2 Å². The lowest BCUT2D eigenvalue weighted by atomic mass is 9.92. The quantitative estimate of drug-likeness (QED) is 0.203. The van der Waals surface area contributed by atoms with E-state index < -0.39 is 41.6 Å². The van der Waals surface area contributed by atoms with Crippen molar-refractivity contribution in [3.63, 3.8) is 0 Å². The van der Waals surface area contributed by atoms with Crippen LogP contribution in [0, 0.1) is 11.7 Å². The molecule has 0 spiro atoms. The fourth-order valence-corrected chi connectivity index (χ4v) is 10.3. The highest BCUT2D eigenvalue weighted by Crippen LogP contribution is 2.47. The van der Waals surface area contributed by atoms with Gasteiger partial charge in [-0.15, -0.1) is 10.2 Å². The Labute approximate surface area is 350 Å². The van der Waals surface area contributed by atoms with Crippen LogP contribution < -0.4 is 25.2 Å². The number of ether oxygens (including phenoxy) is 1. The van der Waals surface area contributed by atoms with Gasteiger partial charge in [-0.3, -0.25) is 24.6 Å². The van der Waals surface area contributed by atoms with Crippen LogP contribution in [0.15, 0.2) is 54.6 Å². The second kappa shape index (κ2) is 15.2. The number of pyridine rings is 1. The van der Waals surface area contributed by atoms with Gasteiger partial charge in [-0.1, -0.05) is 18.2 Å². The molecule has 17 heteroatoms. The lowest BCUT2D eigenvalue weighted by Crippen LogP contribution is -2.57. The Morgan fingerprint density at radius 1 is 0.984 bits per heavy atom. The number of nitrogens with zero attached hydrogens (tertiary/aromatic N) is 7. The molecule has 2 aromatic heterocycles. The van der Waals surface area contributed by atoms with Gasteiger partial charge >= 0.3 is 0 Å². The number of rotatable bonds is 8. The van der Waals surface area contributed by atoms with Crippen LogP contribution in [-0.4, -0.2) is 111 Å². The highest BCUT2D eigenvalue weighted by Gasteiger charge is 2.56. The molecular weight excluding hydrogens is 792 g/mol. The molecule has 4 aromatic rings. The summed E-state index contributed by atoms with van der Waals surface area (Å²) < 4.78 is 50.6. The third-order valence-corrected chi connectivity index (χ3v) is 13.7. The highest BCUT2D eigenvalue weighted by molar-refractivity contribution is 6.05. The lowest BCUT2D eigenvalue weighted by molar-refractivity contribution is -0.136. The molecule has 14 nitrogen and oxygen atoms in total. The molecule has 6 aliphatic rings. The summed E-state index contributed by atoms with van der Waals surface area (Å²) in [5.41, 5.74) is 3.67. The molecule has 3 saturated heterocycles. The number of para-hydroxylation sites is 1. The van der Waals surface area contributed by atoms with Crippen molar-refractivity contribution in [3.8, 4) is 22.9 Å². The number of phenols is 1.